The van der Waals surface area contributed by atoms with Crippen LogP contribution in [0.4, 0.5) is 0 Å². The molecule has 0 spiro atoms. The number of nitrogens with zero attached hydrogens (tertiary/aromatic N) is 1. The average Bonchev–Trinajstić information content (AvgIpc) is 2.73. The highest BCUT2D eigenvalue weighted by atomic mass is 16.5. The predicted octanol–water partition coefficient (Wildman–Crippen LogP) is 2.55. The molecule has 0 unspecified atom stereocenters. The van der Waals surface area contributed by atoms with E-state index in [0.29, 0.717) is 44.9 Å². The molecule has 154 valence electrons. The molecule has 1 aromatic carbocycles. The van der Waals surface area contributed by atoms with Crippen molar-refractivity contribution in [1.29, 1.82) is 0 Å². The molecule has 1 heterocycles. The molecule has 6 heteroatoms. The van der Waals surface area contributed by atoms with Crippen molar-refractivity contribution in [2.24, 2.45) is 5.92 Å². The van der Waals surface area contributed by atoms with Crippen LogP contribution >= 0.6 is 0 Å². The summed E-state index contributed by atoms with van der Waals surface area (Å²) in [6, 6.07) is 7.52. The minimum Gasteiger partial charge on any atom is -0.378 e. The summed E-state index contributed by atoms with van der Waals surface area (Å²) in [6.07, 6.45) is 2.98. The van der Waals surface area contributed by atoms with Gasteiger partial charge in [0.05, 0.1) is 25.4 Å². The van der Waals surface area contributed by atoms with Crippen molar-refractivity contribution in [1.82, 2.24) is 10.2 Å². The fraction of sp³-hybridized carbons (Fsp3) is 0.636. The van der Waals surface area contributed by atoms with E-state index in [1.54, 1.807) is 0 Å². The lowest BCUT2D eigenvalue weighted by Crippen LogP contribution is -2.51. The Morgan fingerprint density at radius 3 is 2.57 bits per heavy atom. The highest BCUT2D eigenvalue weighted by Gasteiger charge is 2.37. The summed E-state index contributed by atoms with van der Waals surface area (Å²) in [5.41, 5.74) is 1.79. The molecule has 1 N–H and O–H groups in total. The summed E-state index contributed by atoms with van der Waals surface area (Å²) in [6.45, 7) is 7.28. The first-order valence-corrected chi connectivity index (χ1v) is 10.4. The van der Waals surface area contributed by atoms with Crippen LogP contribution in [-0.4, -0.2) is 61.8 Å². The number of ether oxygens (including phenoxy) is 2. The third kappa shape index (κ3) is 5.32. The van der Waals surface area contributed by atoms with Crippen LogP contribution in [0.1, 0.15) is 48.5 Å². The number of hydrogen-bond acceptors (Lipinski definition) is 4. The summed E-state index contributed by atoms with van der Waals surface area (Å²) in [7, 11) is 0. The molecular weight excluding hydrogens is 356 g/mol. The second kappa shape index (κ2) is 10.0. The number of nitrogens with one attached hydrogen (secondary N) is 1. The molecule has 6 nitrogen and oxygen atoms in total. The number of carbonyl (C=O) groups is 2. The SMILES string of the molecule is CCCO[C@@H]1C[C@@H](C(=O)N2CCOCC2)CC[C@H]1NC(=O)c1ccc(C)cc1. The first-order valence-electron chi connectivity index (χ1n) is 10.4. The van der Waals surface area contributed by atoms with Crippen molar-refractivity contribution in [3.63, 3.8) is 0 Å². The fourth-order valence-electron chi connectivity index (χ4n) is 3.97. The number of rotatable bonds is 6. The topological polar surface area (TPSA) is 67.9 Å². The van der Waals surface area contributed by atoms with E-state index in [1.165, 1.54) is 0 Å². The number of hydrogen-bond donors (Lipinski definition) is 1. The minimum atomic E-state index is -0.127. The van der Waals surface area contributed by atoms with Crippen LogP contribution in [0.15, 0.2) is 24.3 Å². The molecule has 2 amide bonds. The lowest BCUT2D eigenvalue weighted by molar-refractivity contribution is -0.143. The molecule has 2 fully saturated rings. The van der Waals surface area contributed by atoms with E-state index in [0.717, 1.165) is 24.8 Å². The van der Waals surface area contributed by atoms with Gasteiger partial charge in [0.15, 0.2) is 0 Å². The van der Waals surface area contributed by atoms with Gasteiger partial charge in [-0.2, -0.15) is 0 Å². The number of carbonyl (C=O) groups excluding carboxylic acids is 2. The van der Waals surface area contributed by atoms with Crippen molar-refractivity contribution in [3.05, 3.63) is 35.4 Å². The average molecular weight is 389 g/mol. The third-order valence-electron chi connectivity index (χ3n) is 5.63. The second-order valence-corrected chi connectivity index (χ2v) is 7.80. The lowest BCUT2D eigenvalue weighted by Gasteiger charge is -2.38. The van der Waals surface area contributed by atoms with E-state index >= 15 is 0 Å². The van der Waals surface area contributed by atoms with Gasteiger partial charge in [0, 0.05) is 31.2 Å². The molecule has 0 aromatic heterocycles. The second-order valence-electron chi connectivity index (χ2n) is 7.80. The molecule has 28 heavy (non-hydrogen) atoms. The van der Waals surface area contributed by atoms with Crippen LogP contribution in [0.5, 0.6) is 0 Å². The number of benzene rings is 1. The van der Waals surface area contributed by atoms with Gasteiger partial charge in [0.1, 0.15) is 0 Å². The molecule has 1 aromatic rings. The molecule has 3 rings (SSSR count). The summed E-state index contributed by atoms with van der Waals surface area (Å²) >= 11 is 0. The molecule has 0 radical (unpaired) electrons. The molecule has 0 bridgehead atoms. The summed E-state index contributed by atoms with van der Waals surface area (Å²) in [5, 5.41) is 3.14. The Morgan fingerprint density at radius 1 is 1.18 bits per heavy atom. The summed E-state index contributed by atoms with van der Waals surface area (Å²) in [5.74, 6) is 0.0947. The summed E-state index contributed by atoms with van der Waals surface area (Å²) < 4.78 is 11.4. The van der Waals surface area contributed by atoms with Crippen LogP contribution in [0, 0.1) is 12.8 Å². The monoisotopic (exact) mass is 388 g/mol. The molecule has 1 aliphatic carbocycles. The van der Waals surface area contributed by atoms with Gasteiger partial charge in [-0.25, -0.2) is 0 Å². The van der Waals surface area contributed by atoms with E-state index in [9.17, 15) is 9.59 Å². The van der Waals surface area contributed by atoms with E-state index in [-0.39, 0.29) is 29.9 Å². The van der Waals surface area contributed by atoms with Crippen LogP contribution in [0.25, 0.3) is 0 Å². The number of aryl methyl sites for hydroxylation is 1. The minimum absolute atomic E-state index is 0.0347. The molecule has 1 aliphatic heterocycles. The van der Waals surface area contributed by atoms with Crippen LogP contribution in [0.2, 0.25) is 0 Å². The van der Waals surface area contributed by atoms with Gasteiger partial charge in [0.2, 0.25) is 5.91 Å². The Labute approximate surface area is 167 Å². The smallest absolute Gasteiger partial charge is 0.251 e. The predicted molar refractivity (Wildman–Crippen MR) is 107 cm³/mol. The first-order chi connectivity index (χ1) is 13.6. The van der Waals surface area contributed by atoms with Crippen molar-refractivity contribution in [2.75, 3.05) is 32.9 Å². The quantitative estimate of drug-likeness (QED) is 0.813. The largest absolute Gasteiger partial charge is 0.378 e. The van der Waals surface area contributed by atoms with Gasteiger partial charge in [-0.1, -0.05) is 24.6 Å². The maximum Gasteiger partial charge on any atom is 0.251 e. The Bertz CT molecular complexity index is 655. The Kier molecular flexibility index (Phi) is 7.45. The van der Waals surface area contributed by atoms with E-state index in [4.69, 9.17) is 9.47 Å². The maximum atomic E-state index is 12.9. The van der Waals surface area contributed by atoms with Gasteiger partial charge >= 0.3 is 0 Å². The van der Waals surface area contributed by atoms with E-state index < -0.39 is 0 Å². The van der Waals surface area contributed by atoms with E-state index in [2.05, 4.69) is 12.2 Å². The van der Waals surface area contributed by atoms with Crippen molar-refractivity contribution >= 4 is 11.8 Å². The van der Waals surface area contributed by atoms with Crippen molar-refractivity contribution in [3.8, 4) is 0 Å². The van der Waals surface area contributed by atoms with Crippen LogP contribution in [0.3, 0.4) is 0 Å². The zero-order valence-electron chi connectivity index (χ0n) is 17.0. The molecular formula is C22H32N2O4. The van der Waals surface area contributed by atoms with Gasteiger partial charge in [-0.3, -0.25) is 9.59 Å². The first kappa shape index (κ1) is 20.8. The van der Waals surface area contributed by atoms with E-state index in [1.807, 2.05) is 36.1 Å². The molecule has 1 saturated heterocycles. The lowest BCUT2D eigenvalue weighted by atomic mass is 9.82. The van der Waals surface area contributed by atoms with Gasteiger partial charge in [-0.05, 0) is 44.7 Å². The highest BCUT2D eigenvalue weighted by Crippen LogP contribution is 2.29. The standard InChI is InChI=1S/C22H32N2O4/c1-3-12-28-20-15-18(22(26)24-10-13-27-14-11-24)8-9-19(20)23-21(25)17-6-4-16(2)5-7-17/h4-7,18-20H,3,8-15H2,1-2H3,(H,23,25)/t18-,19+,20+/m0/s1. The summed E-state index contributed by atoms with van der Waals surface area (Å²) in [4.78, 5) is 27.4. The van der Waals surface area contributed by atoms with Gasteiger partial charge < -0.3 is 19.7 Å². The van der Waals surface area contributed by atoms with Crippen molar-refractivity contribution < 1.29 is 19.1 Å². The molecule has 2 aliphatic rings. The van der Waals surface area contributed by atoms with Gasteiger partial charge in [0.25, 0.3) is 5.91 Å². The maximum absolute atomic E-state index is 12.9. The Balaban J connectivity index is 1.62. The van der Waals surface area contributed by atoms with Crippen LogP contribution in [-0.2, 0) is 14.3 Å². The fourth-order valence-corrected chi connectivity index (χ4v) is 3.97. The Hall–Kier alpha value is -1.92. The van der Waals surface area contributed by atoms with Gasteiger partial charge in [-0.15, -0.1) is 0 Å². The number of amides is 2. The number of morpholine rings is 1. The van der Waals surface area contributed by atoms with Crippen molar-refractivity contribution in [2.45, 2.75) is 51.7 Å². The molecule has 1 saturated carbocycles. The zero-order valence-corrected chi connectivity index (χ0v) is 17.0. The molecule has 3 atom stereocenters. The normalized spacial score (nSPS) is 25.4. The zero-order chi connectivity index (χ0) is 19.9. The highest BCUT2D eigenvalue weighted by molar-refractivity contribution is 5.94. The Morgan fingerprint density at radius 2 is 1.89 bits per heavy atom. The van der Waals surface area contributed by atoms with Crippen LogP contribution < -0.4 is 5.32 Å². The third-order valence-corrected chi connectivity index (χ3v) is 5.63.